The Morgan fingerprint density at radius 3 is 2.41 bits per heavy atom. The molecule has 4 rings (SSSR count). The molecule has 4 aliphatic rings. The number of carbonyl (C=O) groups excluding carboxylic acids is 3. The Hall–Kier alpha value is -2.27. The first-order valence-corrected chi connectivity index (χ1v) is 11.5. The highest BCUT2D eigenvalue weighted by atomic mass is 16.6. The van der Waals surface area contributed by atoms with E-state index in [1.165, 1.54) is 39.0 Å². The first-order chi connectivity index (χ1) is 15.9. The summed E-state index contributed by atoms with van der Waals surface area (Å²) in [6.07, 6.45) is -1.07. The summed E-state index contributed by atoms with van der Waals surface area (Å²) in [6, 6.07) is 0. The van der Waals surface area contributed by atoms with E-state index in [1.54, 1.807) is 13.8 Å². The fraction of sp³-hybridized carbons (Fsp3) is 0.708. The molecule has 10 nitrogen and oxygen atoms in total. The zero-order valence-corrected chi connectivity index (χ0v) is 19.8. The van der Waals surface area contributed by atoms with Crippen molar-refractivity contribution in [3.63, 3.8) is 0 Å². The largest absolute Gasteiger partial charge is 0.459 e. The van der Waals surface area contributed by atoms with Gasteiger partial charge in [0.05, 0.1) is 24.7 Å². The number of esters is 3. The van der Waals surface area contributed by atoms with E-state index < -0.39 is 89.9 Å². The SMILES string of the molecule is CC(=O)O[C@@H]1[C@H](C)[C@@H]2[C@H](OC(C)=O)[C@@]3(O)[C@H](/C=C(CO)/C=C\[C@H](O)[C@@]2(C)[C@H]2O[C@@H]12)OC(=O)[C@@H]3C. The average Bonchev–Trinajstić information content (AvgIpc) is 3.53. The van der Waals surface area contributed by atoms with Crippen molar-refractivity contribution in [2.24, 2.45) is 23.2 Å². The first kappa shape index (κ1) is 24.8. The van der Waals surface area contributed by atoms with Crippen LogP contribution in [0.4, 0.5) is 0 Å². The molecule has 2 aliphatic carbocycles. The number of aliphatic hydroxyl groups excluding tert-OH is 2. The number of fused-ring (bicyclic) bond motifs is 4. The monoisotopic (exact) mass is 480 g/mol. The van der Waals surface area contributed by atoms with Crippen LogP contribution in [0.1, 0.15) is 34.6 Å². The summed E-state index contributed by atoms with van der Waals surface area (Å²) in [5.74, 6) is -4.35. The molecule has 2 aliphatic heterocycles. The van der Waals surface area contributed by atoms with E-state index in [1.807, 2.05) is 0 Å². The summed E-state index contributed by atoms with van der Waals surface area (Å²) in [7, 11) is 0. The molecule has 2 saturated heterocycles. The second kappa shape index (κ2) is 8.44. The fourth-order valence-corrected chi connectivity index (χ4v) is 6.21. The van der Waals surface area contributed by atoms with Crippen molar-refractivity contribution >= 4 is 17.9 Å². The quantitative estimate of drug-likeness (QED) is 0.287. The van der Waals surface area contributed by atoms with E-state index in [0.29, 0.717) is 5.57 Å². The van der Waals surface area contributed by atoms with E-state index in [-0.39, 0.29) is 0 Å². The molecule has 1 saturated carbocycles. The molecule has 2 heterocycles. The van der Waals surface area contributed by atoms with Gasteiger partial charge in [0.2, 0.25) is 0 Å². The number of hydrogen-bond acceptors (Lipinski definition) is 10. The molecule has 188 valence electrons. The second-order valence-corrected chi connectivity index (χ2v) is 10.0. The standard InChI is InChI=1S/C24H32O10/c1-10-17-20(32-13(4)27)24(30)11(2)22(29)33-16(24)8-14(9-25)6-7-15(28)23(17,5)21-19(34-21)18(10)31-12(3)26/h6-8,10-11,15-21,25,28,30H,9H2,1-5H3/b7-6-,14-8-/t10-,11+,15+,16+,17-,18-,19+,20+,21+,23-,24+/m1/s1. The molecular weight excluding hydrogens is 448 g/mol. The van der Waals surface area contributed by atoms with Gasteiger partial charge in [-0.3, -0.25) is 14.4 Å². The lowest BCUT2D eigenvalue weighted by Crippen LogP contribution is -2.66. The number of rotatable bonds is 3. The van der Waals surface area contributed by atoms with Crippen LogP contribution in [-0.4, -0.2) is 82.1 Å². The number of carbonyl (C=O) groups is 3. The molecule has 0 aromatic carbocycles. The number of hydrogen-bond donors (Lipinski definition) is 3. The van der Waals surface area contributed by atoms with Crippen molar-refractivity contribution in [2.75, 3.05) is 6.61 Å². The van der Waals surface area contributed by atoms with Crippen molar-refractivity contribution in [1.82, 2.24) is 0 Å². The molecule has 0 amide bonds. The smallest absolute Gasteiger partial charge is 0.312 e. The van der Waals surface area contributed by atoms with Crippen molar-refractivity contribution in [3.8, 4) is 0 Å². The minimum Gasteiger partial charge on any atom is -0.459 e. The molecule has 3 fully saturated rings. The third kappa shape index (κ3) is 3.59. The molecule has 3 N–H and O–H groups in total. The van der Waals surface area contributed by atoms with Gasteiger partial charge < -0.3 is 34.3 Å². The topological polar surface area (TPSA) is 152 Å². The van der Waals surface area contributed by atoms with Gasteiger partial charge in [-0.05, 0) is 18.6 Å². The molecule has 34 heavy (non-hydrogen) atoms. The zero-order chi connectivity index (χ0) is 25.2. The highest BCUT2D eigenvalue weighted by Crippen LogP contribution is 2.61. The maximum Gasteiger partial charge on any atom is 0.312 e. The lowest BCUT2D eigenvalue weighted by atomic mass is 9.54. The number of aliphatic hydroxyl groups is 3. The summed E-state index contributed by atoms with van der Waals surface area (Å²) < 4.78 is 22.7. The minimum absolute atomic E-state index is 0.308. The lowest BCUT2D eigenvalue weighted by Gasteiger charge is -2.53. The molecule has 0 unspecified atom stereocenters. The van der Waals surface area contributed by atoms with E-state index in [0.717, 1.165) is 0 Å². The van der Waals surface area contributed by atoms with Crippen LogP contribution in [0, 0.1) is 23.2 Å². The Labute approximate surface area is 197 Å². The molecule has 0 bridgehead atoms. The van der Waals surface area contributed by atoms with E-state index in [2.05, 4.69) is 0 Å². The van der Waals surface area contributed by atoms with Crippen molar-refractivity contribution < 1.29 is 48.7 Å². The van der Waals surface area contributed by atoms with Crippen molar-refractivity contribution in [1.29, 1.82) is 0 Å². The van der Waals surface area contributed by atoms with Gasteiger partial charge in [0.1, 0.15) is 18.3 Å². The molecule has 10 heteroatoms. The molecule has 11 atom stereocenters. The summed E-state index contributed by atoms with van der Waals surface area (Å²) in [5, 5.41) is 33.3. The molecule has 0 aromatic rings. The average molecular weight is 481 g/mol. The van der Waals surface area contributed by atoms with Crippen LogP contribution in [0.25, 0.3) is 0 Å². The molecule has 0 radical (unpaired) electrons. The Bertz CT molecular complexity index is 942. The summed E-state index contributed by atoms with van der Waals surface area (Å²) in [6.45, 7) is 7.06. The zero-order valence-electron chi connectivity index (χ0n) is 19.8. The van der Waals surface area contributed by atoms with Crippen LogP contribution in [0.5, 0.6) is 0 Å². The maximum atomic E-state index is 12.7. The summed E-state index contributed by atoms with van der Waals surface area (Å²) >= 11 is 0. The van der Waals surface area contributed by atoms with Gasteiger partial charge in [-0.1, -0.05) is 26.0 Å². The molecule has 0 spiro atoms. The van der Waals surface area contributed by atoms with Crippen molar-refractivity contribution in [2.45, 2.75) is 76.8 Å². The van der Waals surface area contributed by atoms with E-state index in [4.69, 9.17) is 18.9 Å². The van der Waals surface area contributed by atoms with Crippen LogP contribution < -0.4 is 0 Å². The van der Waals surface area contributed by atoms with Crippen LogP contribution >= 0.6 is 0 Å². The number of ether oxygens (including phenoxy) is 4. The Kier molecular flexibility index (Phi) is 6.17. The molecule has 0 aromatic heterocycles. The Balaban J connectivity index is 1.95. The predicted molar refractivity (Wildman–Crippen MR) is 115 cm³/mol. The van der Waals surface area contributed by atoms with Gasteiger partial charge in [-0.25, -0.2) is 0 Å². The predicted octanol–water partition coefficient (Wildman–Crippen LogP) is 0.0314. The summed E-state index contributed by atoms with van der Waals surface area (Å²) in [5.41, 5.74) is -2.83. The van der Waals surface area contributed by atoms with Crippen LogP contribution in [-0.2, 0) is 33.3 Å². The normalized spacial score (nSPS) is 49.8. The van der Waals surface area contributed by atoms with Gasteiger partial charge in [0, 0.05) is 31.1 Å². The Morgan fingerprint density at radius 2 is 1.82 bits per heavy atom. The van der Waals surface area contributed by atoms with Crippen LogP contribution in [0.2, 0.25) is 0 Å². The maximum absolute atomic E-state index is 12.7. The summed E-state index contributed by atoms with van der Waals surface area (Å²) in [4.78, 5) is 36.8. The highest BCUT2D eigenvalue weighted by molar-refractivity contribution is 5.77. The number of epoxide rings is 1. The minimum atomic E-state index is -2.03. The second-order valence-electron chi connectivity index (χ2n) is 10.0. The van der Waals surface area contributed by atoms with Gasteiger partial charge in [-0.15, -0.1) is 0 Å². The lowest BCUT2D eigenvalue weighted by molar-refractivity contribution is -0.216. The van der Waals surface area contributed by atoms with Gasteiger partial charge in [0.25, 0.3) is 0 Å². The fourth-order valence-electron chi connectivity index (χ4n) is 6.21. The van der Waals surface area contributed by atoms with Crippen LogP contribution in [0.15, 0.2) is 23.8 Å². The third-order valence-electron chi connectivity index (χ3n) is 8.07. The first-order valence-electron chi connectivity index (χ1n) is 11.5. The van der Waals surface area contributed by atoms with Gasteiger partial charge in [0.15, 0.2) is 11.7 Å². The van der Waals surface area contributed by atoms with Crippen molar-refractivity contribution in [3.05, 3.63) is 23.8 Å². The van der Waals surface area contributed by atoms with E-state index in [9.17, 15) is 29.7 Å². The molecular formula is C24H32O10. The Morgan fingerprint density at radius 1 is 1.18 bits per heavy atom. The van der Waals surface area contributed by atoms with Crippen LogP contribution in [0.3, 0.4) is 0 Å². The third-order valence-corrected chi connectivity index (χ3v) is 8.07. The highest BCUT2D eigenvalue weighted by Gasteiger charge is 2.74. The van der Waals surface area contributed by atoms with Gasteiger partial charge >= 0.3 is 17.9 Å². The van der Waals surface area contributed by atoms with E-state index >= 15 is 0 Å². The van der Waals surface area contributed by atoms with Gasteiger partial charge in [-0.2, -0.15) is 0 Å².